The van der Waals surface area contributed by atoms with Crippen molar-refractivity contribution in [2.24, 2.45) is 0 Å². The zero-order chi connectivity index (χ0) is 16.5. The molecule has 2 rings (SSSR count). The molecule has 0 aliphatic carbocycles. The van der Waals surface area contributed by atoms with Crippen LogP contribution in [0.4, 0.5) is 19.1 Å². The number of amides is 1. The fraction of sp³-hybridized carbons (Fsp3) is 0.545. The van der Waals surface area contributed by atoms with Crippen LogP contribution in [0.1, 0.15) is 16.1 Å². The van der Waals surface area contributed by atoms with Gasteiger partial charge in [-0.1, -0.05) is 0 Å². The summed E-state index contributed by atoms with van der Waals surface area (Å²) in [7, 11) is -1.88. The minimum Gasteiger partial charge on any atom is -0.357 e. The normalized spacial score (nSPS) is 18.1. The Morgan fingerprint density at radius 3 is 2.41 bits per heavy atom. The number of carbonyl (C=O) groups is 1. The lowest BCUT2D eigenvalue weighted by molar-refractivity contribution is -0.141. The minimum atomic E-state index is -4.82. The largest absolute Gasteiger partial charge is 0.434 e. The summed E-state index contributed by atoms with van der Waals surface area (Å²) in [5.41, 5.74) is -2.03. The molecule has 1 aliphatic rings. The molecule has 0 spiro atoms. The first-order valence-electron chi connectivity index (χ1n) is 6.26. The zero-order valence-electron chi connectivity index (χ0n) is 11.5. The van der Waals surface area contributed by atoms with Gasteiger partial charge in [-0.05, 0) is 0 Å². The van der Waals surface area contributed by atoms with Gasteiger partial charge in [0.1, 0.15) is 0 Å². The predicted molar refractivity (Wildman–Crippen MR) is 71.1 cm³/mol. The molecule has 1 aliphatic heterocycles. The van der Waals surface area contributed by atoms with Gasteiger partial charge in [-0.15, -0.1) is 0 Å². The Bertz CT molecular complexity index is 676. The van der Waals surface area contributed by atoms with Crippen molar-refractivity contribution < 1.29 is 26.4 Å². The smallest absolute Gasteiger partial charge is 0.357 e. The second kappa shape index (κ2) is 5.71. The number of hydrogen-bond donors (Lipinski definition) is 1. The molecule has 0 aromatic carbocycles. The lowest BCUT2D eigenvalue weighted by atomic mass is 10.2. The fourth-order valence-electron chi connectivity index (χ4n) is 1.96. The summed E-state index contributed by atoms with van der Waals surface area (Å²) in [5, 5.41) is 2.37. The maximum absolute atomic E-state index is 13.0. The SMILES string of the molecule is CNc1ncc(C(=O)N2CCS(=O)(=O)CC2)c(C(F)(F)F)n1. The molecule has 1 fully saturated rings. The molecule has 122 valence electrons. The second-order valence-corrected chi connectivity index (χ2v) is 6.95. The van der Waals surface area contributed by atoms with Gasteiger partial charge in [0.2, 0.25) is 5.95 Å². The average molecular weight is 338 g/mol. The van der Waals surface area contributed by atoms with E-state index >= 15 is 0 Å². The summed E-state index contributed by atoms with van der Waals surface area (Å²) in [5.74, 6) is -1.72. The van der Waals surface area contributed by atoms with E-state index in [0.29, 0.717) is 0 Å². The standard InChI is InChI=1S/C11H13F3N4O3S/c1-15-10-16-6-7(8(17-10)11(12,13)14)9(19)18-2-4-22(20,21)5-3-18/h6H,2-5H2,1H3,(H,15,16,17). The van der Waals surface area contributed by atoms with E-state index in [1.54, 1.807) is 0 Å². The zero-order valence-corrected chi connectivity index (χ0v) is 12.3. The highest BCUT2D eigenvalue weighted by molar-refractivity contribution is 7.91. The Morgan fingerprint density at radius 1 is 1.32 bits per heavy atom. The molecule has 0 bridgehead atoms. The van der Waals surface area contributed by atoms with Crippen LogP contribution in [-0.4, -0.2) is 60.8 Å². The first-order valence-corrected chi connectivity index (χ1v) is 8.08. The van der Waals surface area contributed by atoms with Crippen molar-refractivity contribution in [2.75, 3.05) is 37.0 Å². The lowest BCUT2D eigenvalue weighted by Gasteiger charge is -2.27. The number of halogens is 3. The van der Waals surface area contributed by atoms with Crippen molar-refractivity contribution in [3.8, 4) is 0 Å². The van der Waals surface area contributed by atoms with Gasteiger partial charge in [-0.2, -0.15) is 13.2 Å². The van der Waals surface area contributed by atoms with Crippen molar-refractivity contribution in [1.29, 1.82) is 0 Å². The van der Waals surface area contributed by atoms with Crippen LogP contribution in [0, 0.1) is 0 Å². The average Bonchev–Trinajstić information content (AvgIpc) is 2.45. The molecule has 2 heterocycles. The molecule has 1 saturated heterocycles. The monoisotopic (exact) mass is 338 g/mol. The summed E-state index contributed by atoms with van der Waals surface area (Å²) in [6, 6.07) is 0. The van der Waals surface area contributed by atoms with Crippen molar-refractivity contribution in [3.05, 3.63) is 17.5 Å². The van der Waals surface area contributed by atoms with Crippen LogP contribution < -0.4 is 5.32 Å². The van der Waals surface area contributed by atoms with Gasteiger partial charge < -0.3 is 10.2 Å². The molecule has 11 heteroatoms. The van der Waals surface area contributed by atoms with E-state index in [4.69, 9.17) is 0 Å². The molecule has 7 nitrogen and oxygen atoms in total. The third kappa shape index (κ3) is 3.46. The number of nitrogens with zero attached hydrogens (tertiary/aromatic N) is 3. The Balaban J connectivity index is 2.34. The number of rotatable bonds is 2. The van der Waals surface area contributed by atoms with Crippen molar-refractivity contribution in [1.82, 2.24) is 14.9 Å². The maximum atomic E-state index is 13.0. The number of carbonyl (C=O) groups excluding carboxylic acids is 1. The number of anilines is 1. The van der Waals surface area contributed by atoms with Crippen LogP contribution in [0.2, 0.25) is 0 Å². The predicted octanol–water partition coefficient (Wildman–Crippen LogP) is 0.408. The van der Waals surface area contributed by atoms with Gasteiger partial charge in [0.15, 0.2) is 15.5 Å². The third-order valence-corrected chi connectivity index (χ3v) is 4.75. The van der Waals surface area contributed by atoms with E-state index in [0.717, 1.165) is 11.1 Å². The van der Waals surface area contributed by atoms with Crippen LogP contribution in [0.5, 0.6) is 0 Å². The molecular formula is C11H13F3N4O3S. The lowest BCUT2D eigenvalue weighted by Crippen LogP contribution is -2.44. The molecule has 0 atom stereocenters. The molecule has 22 heavy (non-hydrogen) atoms. The summed E-state index contributed by atoms with van der Waals surface area (Å²) < 4.78 is 61.7. The topological polar surface area (TPSA) is 92.3 Å². The highest BCUT2D eigenvalue weighted by atomic mass is 32.2. The molecule has 1 amide bonds. The second-order valence-electron chi connectivity index (χ2n) is 4.65. The number of alkyl halides is 3. The van der Waals surface area contributed by atoms with Gasteiger partial charge in [0.05, 0.1) is 17.1 Å². The van der Waals surface area contributed by atoms with Gasteiger partial charge in [-0.25, -0.2) is 18.4 Å². The maximum Gasteiger partial charge on any atom is 0.434 e. The highest BCUT2D eigenvalue weighted by Gasteiger charge is 2.39. The van der Waals surface area contributed by atoms with Crippen molar-refractivity contribution >= 4 is 21.7 Å². The van der Waals surface area contributed by atoms with Crippen LogP contribution in [0.25, 0.3) is 0 Å². The Morgan fingerprint density at radius 2 is 1.91 bits per heavy atom. The quantitative estimate of drug-likeness (QED) is 0.840. The van der Waals surface area contributed by atoms with Crippen molar-refractivity contribution in [3.63, 3.8) is 0 Å². The molecular weight excluding hydrogens is 325 g/mol. The first-order chi connectivity index (χ1) is 10.1. The van der Waals surface area contributed by atoms with E-state index in [-0.39, 0.29) is 30.5 Å². The summed E-state index contributed by atoms with van der Waals surface area (Å²) in [6.45, 7) is -0.293. The summed E-state index contributed by atoms with van der Waals surface area (Å²) in [4.78, 5) is 20.2. The van der Waals surface area contributed by atoms with Gasteiger partial charge in [0, 0.05) is 26.3 Å². The number of nitrogens with one attached hydrogen (secondary N) is 1. The Hall–Kier alpha value is -1.91. The number of hydrogen-bond acceptors (Lipinski definition) is 6. The van der Waals surface area contributed by atoms with Crippen LogP contribution in [0.3, 0.4) is 0 Å². The van der Waals surface area contributed by atoms with Crippen LogP contribution >= 0.6 is 0 Å². The molecule has 1 aromatic rings. The Labute approximate surface area is 124 Å². The Kier molecular flexibility index (Phi) is 4.27. The molecule has 0 saturated carbocycles. The highest BCUT2D eigenvalue weighted by Crippen LogP contribution is 2.31. The van der Waals surface area contributed by atoms with Crippen LogP contribution in [-0.2, 0) is 16.0 Å². The third-order valence-electron chi connectivity index (χ3n) is 3.14. The van der Waals surface area contributed by atoms with Crippen molar-refractivity contribution in [2.45, 2.75) is 6.18 Å². The van der Waals surface area contributed by atoms with Gasteiger partial charge in [-0.3, -0.25) is 4.79 Å². The number of sulfone groups is 1. The summed E-state index contributed by atoms with van der Waals surface area (Å²) in [6.07, 6.45) is -4.02. The van der Waals surface area contributed by atoms with E-state index in [2.05, 4.69) is 15.3 Å². The van der Waals surface area contributed by atoms with Gasteiger partial charge in [0.25, 0.3) is 5.91 Å². The van der Waals surface area contributed by atoms with E-state index < -0.39 is 33.2 Å². The van der Waals surface area contributed by atoms with Gasteiger partial charge >= 0.3 is 6.18 Å². The first kappa shape index (κ1) is 16.5. The number of aromatic nitrogens is 2. The fourth-order valence-corrected chi connectivity index (χ4v) is 3.16. The van der Waals surface area contributed by atoms with E-state index in [1.807, 2.05) is 0 Å². The van der Waals surface area contributed by atoms with E-state index in [9.17, 15) is 26.4 Å². The molecule has 0 unspecified atom stereocenters. The molecule has 1 N–H and O–H groups in total. The summed E-state index contributed by atoms with van der Waals surface area (Å²) >= 11 is 0. The van der Waals surface area contributed by atoms with Crippen LogP contribution in [0.15, 0.2) is 6.20 Å². The van der Waals surface area contributed by atoms with E-state index in [1.165, 1.54) is 7.05 Å². The minimum absolute atomic E-state index is 0.147. The molecule has 1 aromatic heterocycles. The molecule has 0 radical (unpaired) electrons.